The molecule has 0 aliphatic carbocycles. The van der Waals surface area contributed by atoms with E-state index in [0.717, 1.165) is 29.7 Å². The highest BCUT2D eigenvalue weighted by Gasteiger charge is 2.25. The number of likely N-dealkylation sites (N-methyl/N-ethyl adjacent to an activating group) is 1. The second kappa shape index (κ2) is 8.13. The van der Waals surface area contributed by atoms with Gasteiger partial charge in [0.15, 0.2) is 6.29 Å². The highest BCUT2D eigenvalue weighted by atomic mass is 16.5. The van der Waals surface area contributed by atoms with Crippen LogP contribution in [-0.2, 0) is 4.79 Å². The van der Waals surface area contributed by atoms with Crippen LogP contribution in [0.3, 0.4) is 0 Å². The number of carbonyl (C=O) groups excluding carboxylic acids is 1. The minimum absolute atomic E-state index is 0.0645. The molecule has 1 aliphatic rings. The molecule has 1 amide bonds. The molecule has 0 unspecified atom stereocenters. The van der Waals surface area contributed by atoms with Gasteiger partial charge in [-0.2, -0.15) is 0 Å². The quantitative estimate of drug-likeness (QED) is 0.642. The third-order valence-electron chi connectivity index (χ3n) is 4.39. The van der Waals surface area contributed by atoms with Crippen LogP contribution in [0.15, 0.2) is 41.5 Å². The van der Waals surface area contributed by atoms with Crippen LogP contribution in [0.2, 0.25) is 0 Å². The highest BCUT2D eigenvalue weighted by molar-refractivity contribution is 6.02. The summed E-state index contributed by atoms with van der Waals surface area (Å²) in [5, 5.41) is 19.0. The Morgan fingerprint density at radius 2 is 2.17 bits per heavy atom. The molecule has 0 fully saturated rings. The van der Waals surface area contributed by atoms with Crippen molar-refractivity contribution < 1.29 is 19.7 Å². The van der Waals surface area contributed by atoms with Crippen molar-refractivity contribution in [2.45, 2.75) is 32.5 Å². The van der Waals surface area contributed by atoms with E-state index >= 15 is 0 Å². The Bertz CT molecular complexity index is 661. The summed E-state index contributed by atoms with van der Waals surface area (Å²) in [6.07, 6.45) is 1.95. The Labute approximate surface area is 142 Å². The van der Waals surface area contributed by atoms with Gasteiger partial charge in [-0.15, -0.1) is 0 Å². The molecule has 2 rings (SSSR count). The van der Waals surface area contributed by atoms with Gasteiger partial charge in [-0.05, 0) is 48.6 Å². The van der Waals surface area contributed by atoms with Gasteiger partial charge in [0.25, 0.3) is 0 Å². The molecule has 130 valence electrons. The fourth-order valence-electron chi connectivity index (χ4n) is 2.96. The maximum Gasteiger partial charge on any atom is 0.250 e. The molecule has 0 atom stereocenters. The normalized spacial score (nSPS) is 16.7. The van der Waals surface area contributed by atoms with Crippen LogP contribution in [0.5, 0.6) is 5.75 Å². The number of allylic oxidation sites excluding steroid dienone is 2. The van der Waals surface area contributed by atoms with E-state index in [1.807, 2.05) is 24.3 Å². The molecule has 1 aromatic rings. The van der Waals surface area contributed by atoms with E-state index < -0.39 is 6.29 Å². The van der Waals surface area contributed by atoms with Gasteiger partial charge in [0.1, 0.15) is 5.75 Å². The minimum Gasteiger partial charge on any atom is -0.497 e. The van der Waals surface area contributed by atoms with Crippen molar-refractivity contribution in [3.05, 3.63) is 47.1 Å². The van der Waals surface area contributed by atoms with E-state index in [0.29, 0.717) is 17.7 Å². The van der Waals surface area contributed by atoms with Gasteiger partial charge < -0.3 is 19.8 Å². The zero-order chi connectivity index (χ0) is 17.7. The minimum atomic E-state index is -1.56. The number of ether oxygens (including phenoxy) is 1. The summed E-state index contributed by atoms with van der Waals surface area (Å²) in [6.45, 7) is 2.42. The maximum atomic E-state index is 12.8. The van der Waals surface area contributed by atoms with E-state index in [4.69, 9.17) is 4.74 Å². The molecule has 0 saturated heterocycles. The molecule has 5 nitrogen and oxygen atoms in total. The first kappa shape index (κ1) is 18.2. The SMILES string of the molecule is CC=C(CC1=C(c2cccc(OC)c2)CCCN(C)C1=O)C(O)O. The van der Waals surface area contributed by atoms with Crippen LogP contribution < -0.4 is 4.74 Å². The second-order valence-electron chi connectivity index (χ2n) is 5.93. The van der Waals surface area contributed by atoms with E-state index in [1.165, 1.54) is 0 Å². The molecule has 0 radical (unpaired) electrons. The van der Waals surface area contributed by atoms with Crippen molar-refractivity contribution in [1.82, 2.24) is 4.90 Å². The Kier molecular flexibility index (Phi) is 6.17. The summed E-state index contributed by atoms with van der Waals surface area (Å²) < 4.78 is 5.29. The molecular formula is C19H25NO4. The van der Waals surface area contributed by atoms with Crippen LogP contribution >= 0.6 is 0 Å². The lowest BCUT2D eigenvalue weighted by Gasteiger charge is -2.19. The Morgan fingerprint density at radius 3 is 2.79 bits per heavy atom. The topological polar surface area (TPSA) is 70.0 Å². The van der Waals surface area contributed by atoms with E-state index in [1.54, 1.807) is 32.1 Å². The molecule has 0 bridgehead atoms. The van der Waals surface area contributed by atoms with Crippen LogP contribution in [0.1, 0.15) is 31.7 Å². The van der Waals surface area contributed by atoms with Gasteiger partial charge >= 0.3 is 0 Å². The molecule has 0 aromatic heterocycles. The molecule has 1 aromatic carbocycles. The first-order chi connectivity index (χ1) is 11.5. The van der Waals surface area contributed by atoms with Crippen LogP contribution in [0, 0.1) is 0 Å². The van der Waals surface area contributed by atoms with Gasteiger partial charge in [0.2, 0.25) is 5.91 Å². The lowest BCUT2D eigenvalue weighted by molar-refractivity contribution is -0.125. The van der Waals surface area contributed by atoms with Gasteiger partial charge in [-0.25, -0.2) is 0 Å². The van der Waals surface area contributed by atoms with Crippen LogP contribution in [-0.4, -0.2) is 48.0 Å². The number of aliphatic hydroxyl groups is 2. The number of methoxy groups -OCH3 is 1. The van der Waals surface area contributed by atoms with Crippen LogP contribution in [0.25, 0.3) is 5.57 Å². The lowest BCUT2D eigenvalue weighted by atomic mass is 9.91. The average Bonchev–Trinajstić information content (AvgIpc) is 2.72. The average molecular weight is 331 g/mol. The third kappa shape index (κ3) is 4.04. The molecule has 0 saturated carbocycles. The fourth-order valence-corrected chi connectivity index (χ4v) is 2.96. The standard InChI is InChI=1S/C19H25NO4/c1-4-13(19(22)23)12-17-16(9-6-10-20(2)18(17)21)14-7-5-8-15(11-14)24-3/h4-5,7-8,11,19,22-23H,6,9-10,12H2,1-3H3. The number of hydrogen-bond donors (Lipinski definition) is 2. The van der Waals surface area contributed by atoms with Crippen molar-refractivity contribution in [2.24, 2.45) is 0 Å². The molecule has 2 N–H and O–H groups in total. The van der Waals surface area contributed by atoms with Crippen molar-refractivity contribution >= 4 is 11.5 Å². The summed E-state index contributed by atoms with van der Waals surface area (Å²) in [6, 6.07) is 7.64. The number of rotatable bonds is 5. The molecule has 5 heteroatoms. The monoisotopic (exact) mass is 331 g/mol. The Balaban J connectivity index is 2.54. The lowest BCUT2D eigenvalue weighted by Crippen LogP contribution is -2.28. The van der Waals surface area contributed by atoms with Gasteiger partial charge in [-0.1, -0.05) is 18.2 Å². The molecule has 0 spiro atoms. The third-order valence-corrected chi connectivity index (χ3v) is 4.39. The fraction of sp³-hybridized carbons (Fsp3) is 0.421. The van der Waals surface area contributed by atoms with Crippen molar-refractivity contribution in [2.75, 3.05) is 20.7 Å². The number of benzene rings is 1. The summed E-state index contributed by atoms with van der Waals surface area (Å²) in [5.74, 6) is 0.670. The van der Waals surface area contributed by atoms with E-state index in [9.17, 15) is 15.0 Å². The van der Waals surface area contributed by atoms with Crippen molar-refractivity contribution in [3.63, 3.8) is 0 Å². The summed E-state index contributed by atoms with van der Waals surface area (Å²) >= 11 is 0. The van der Waals surface area contributed by atoms with Crippen LogP contribution in [0.4, 0.5) is 0 Å². The Hall–Kier alpha value is -2.11. The molecule has 1 aliphatic heterocycles. The maximum absolute atomic E-state index is 12.8. The Morgan fingerprint density at radius 1 is 1.42 bits per heavy atom. The number of hydrogen-bond acceptors (Lipinski definition) is 4. The van der Waals surface area contributed by atoms with Gasteiger partial charge in [0, 0.05) is 25.6 Å². The van der Waals surface area contributed by atoms with Crippen molar-refractivity contribution in [3.8, 4) is 5.75 Å². The predicted octanol–water partition coefficient (Wildman–Crippen LogP) is 2.35. The number of aliphatic hydroxyl groups excluding tert-OH is 1. The van der Waals surface area contributed by atoms with Crippen molar-refractivity contribution in [1.29, 1.82) is 0 Å². The molecular weight excluding hydrogens is 306 g/mol. The van der Waals surface area contributed by atoms with Gasteiger partial charge in [0.05, 0.1) is 7.11 Å². The first-order valence-corrected chi connectivity index (χ1v) is 8.11. The largest absolute Gasteiger partial charge is 0.497 e. The first-order valence-electron chi connectivity index (χ1n) is 8.11. The highest BCUT2D eigenvalue weighted by Crippen LogP contribution is 2.33. The van der Waals surface area contributed by atoms with E-state index in [2.05, 4.69) is 0 Å². The predicted molar refractivity (Wildman–Crippen MR) is 93.4 cm³/mol. The number of carbonyl (C=O) groups is 1. The molecule has 1 heterocycles. The summed E-state index contributed by atoms with van der Waals surface area (Å²) in [7, 11) is 3.39. The molecule has 24 heavy (non-hydrogen) atoms. The van der Waals surface area contributed by atoms with Gasteiger partial charge in [-0.3, -0.25) is 4.79 Å². The zero-order valence-electron chi connectivity index (χ0n) is 14.5. The second-order valence-corrected chi connectivity index (χ2v) is 5.93. The number of amides is 1. The number of nitrogens with zero attached hydrogens (tertiary/aromatic N) is 1. The zero-order valence-corrected chi connectivity index (χ0v) is 14.5. The smallest absolute Gasteiger partial charge is 0.250 e. The summed E-state index contributed by atoms with van der Waals surface area (Å²) in [5.41, 5.74) is 2.93. The summed E-state index contributed by atoms with van der Waals surface area (Å²) in [4.78, 5) is 14.5. The van der Waals surface area contributed by atoms with E-state index in [-0.39, 0.29) is 12.3 Å².